The third-order valence-electron chi connectivity index (χ3n) is 3.16. The van der Waals surface area contributed by atoms with Crippen LogP contribution in [-0.2, 0) is 4.79 Å². The van der Waals surface area contributed by atoms with Crippen LogP contribution in [0.5, 0.6) is 11.5 Å². The summed E-state index contributed by atoms with van der Waals surface area (Å²) in [5.41, 5.74) is 1.96. The Labute approximate surface area is 146 Å². The molecule has 0 spiro atoms. The average Bonchev–Trinajstić information content (AvgIpc) is 2.61. The number of phenolic OH excluding ortho intramolecular Hbond substituents is 2. The van der Waals surface area contributed by atoms with Crippen LogP contribution >= 0.6 is 0 Å². The van der Waals surface area contributed by atoms with E-state index in [2.05, 4.69) is 15.8 Å². The quantitative estimate of drug-likeness (QED) is 0.341. The third kappa shape index (κ3) is 4.77. The Balaban J connectivity index is 1.88. The van der Waals surface area contributed by atoms with Crippen LogP contribution in [0.25, 0.3) is 0 Å². The molecule has 0 heterocycles. The third-order valence-corrected chi connectivity index (χ3v) is 3.16. The van der Waals surface area contributed by atoms with E-state index in [0.717, 1.165) is 18.3 Å². The summed E-state index contributed by atoms with van der Waals surface area (Å²) in [4.78, 5) is 33.4. The molecule has 26 heavy (non-hydrogen) atoms. The maximum atomic E-state index is 11.8. The van der Waals surface area contributed by atoms with E-state index in [4.69, 9.17) is 0 Å². The molecule has 2 aromatic rings. The van der Waals surface area contributed by atoms with Crippen molar-refractivity contribution in [2.75, 3.05) is 6.54 Å². The number of hydrazone groups is 1. The first kappa shape index (κ1) is 18.4. The van der Waals surface area contributed by atoms with Crippen LogP contribution in [0.2, 0.25) is 0 Å². The Bertz CT molecular complexity index is 881. The van der Waals surface area contributed by atoms with Crippen LogP contribution in [0.15, 0.2) is 47.6 Å². The highest BCUT2D eigenvalue weighted by atomic mass is 16.6. The van der Waals surface area contributed by atoms with Crippen LogP contribution < -0.4 is 10.7 Å². The lowest BCUT2D eigenvalue weighted by Gasteiger charge is -2.05. The van der Waals surface area contributed by atoms with Crippen LogP contribution in [0.1, 0.15) is 15.9 Å². The van der Waals surface area contributed by atoms with Crippen LogP contribution in [0, 0.1) is 10.1 Å². The molecule has 0 aromatic heterocycles. The molecule has 0 radical (unpaired) electrons. The molecule has 0 saturated heterocycles. The van der Waals surface area contributed by atoms with Gasteiger partial charge in [0.15, 0.2) is 5.75 Å². The number of phenols is 2. The molecule has 2 aromatic carbocycles. The second-order valence-electron chi connectivity index (χ2n) is 5.00. The molecule has 10 heteroatoms. The summed E-state index contributed by atoms with van der Waals surface area (Å²) in [6, 6.07) is 9.46. The molecule has 0 bridgehead atoms. The van der Waals surface area contributed by atoms with Crippen molar-refractivity contribution in [2.45, 2.75) is 0 Å². The van der Waals surface area contributed by atoms with E-state index < -0.39 is 28.2 Å². The Morgan fingerprint density at radius 1 is 1.15 bits per heavy atom. The molecular formula is C16H14N4O6. The van der Waals surface area contributed by atoms with Gasteiger partial charge in [-0.2, -0.15) is 5.10 Å². The molecule has 4 N–H and O–H groups in total. The monoisotopic (exact) mass is 358 g/mol. The number of nitro groups is 1. The number of aromatic hydroxyl groups is 2. The summed E-state index contributed by atoms with van der Waals surface area (Å²) in [5.74, 6) is -1.96. The molecule has 10 nitrogen and oxygen atoms in total. The van der Waals surface area contributed by atoms with Gasteiger partial charge in [-0.3, -0.25) is 19.7 Å². The smallest absolute Gasteiger partial charge is 0.311 e. The molecule has 2 amide bonds. The Kier molecular flexibility index (Phi) is 5.83. The highest BCUT2D eigenvalue weighted by Crippen LogP contribution is 2.25. The lowest BCUT2D eigenvalue weighted by molar-refractivity contribution is -0.385. The van der Waals surface area contributed by atoms with E-state index >= 15 is 0 Å². The number of nitrogens with one attached hydrogen (secondary N) is 2. The maximum Gasteiger partial charge on any atom is 0.311 e. The van der Waals surface area contributed by atoms with Gasteiger partial charge in [0.2, 0.25) is 0 Å². The first-order chi connectivity index (χ1) is 12.4. The Morgan fingerprint density at radius 3 is 2.58 bits per heavy atom. The second kappa shape index (κ2) is 8.24. The van der Waals surface area contributed by atoms with Crippen molar-refractivity contribution in [2.24, 2.45) is 5.10 Å². The predicted octanol–water partition coefficient (Wildman–Crippen LogP) is 0.886. The van der Waals surface area contributed by atoms with Crippen LogP contribution in [0.4, 0.5) is 5.69 Å². The summed E-state index contributed by atoms with van der Waals surface area (Å²) in [7, 11) is 0. The van der Waals surface area contributed by atoms with Gasteiger partial charge in [0, 0.05) is 11.6 Å². The Hall–Kier alpha value is -3.95. The van der Waals surface area contributed by atoms with Crippen molar-refractivity contribution >= 4 is 23.7 Å². The van der Waals surface area contributed by atoms with Gasteiger partial charge >= 0.3 is 5.69 Å². The number of hydrogen-bond acceptors (Lipinski definition) is 7. The van der Waals surface area contributed by atoms with Crippen molar-refractivity contribution in [3.8, 4) is 11.5 Å². The number of nitro benzene ring substituents is 1. The normalized spacial score (nSPS) is 10.5. The minimum Gasteiger partial charge on any atom is -0.507 e. The molecule has 2 rings (SSSR count). The van der Waals surface area contributed by atoms with Crippen molar-refractivity contribution in [3.05, 3.63) is 63.7 Å². The lowest BCUT2D eigenvalue weighted by atomic mass is 10.2. The minimum atomic E-state index is -0.750. The van der Waals surface area contributed by atoms with Crippen molar-refractivity contribution in [1.29, 1.82) is 0 Å². The van der Waals surface area contributed by atoms with Gasteiger partial charge < -0.3 is 15.5 Å². The van der Waals surface area contributed by atoms with Gasteiger partial charge in [0.05, 0.1) is 23.2 Å². The molecule has 134 valence electrons. The number of carbonyl (C=O) groups is 2. The Morgan fingerprint density at radius 2 is 1.88 bits per heavy atom. The van der Waals surface area contributed by atoms with E-state index in [-0.39, 0.29) is 23.4 Å². The predicted molar refractivity (Wildman–Crippen MR) is 90.9 cm³/mol. The summed E-state index contributed by atoms with van der Waals surface area (Å²) < 4.78 is 0. The minimum absolute atomic E-state index is 0.0280. The van der Waals surface area contributed by atoms with Crippen LogP contribution in [0.3, 0.4) is 0 Å². The molecule has 0 fully saturated rings. The molecule has 0 unspecified atom stereocenters. The van der Waals surface area contributed by atoms with Gasteiger partial charge in [-0.1, -0.05) is 12.1 Å². The molecular weight excluding hydrogens is 344 g/mol. The molecule has 0 aliphatic rings. The molecule has 0 aliphatic carbocycles. The first-order valence-corrected chi connectivity index (χ1v) is 7.24. The average molecular weight is 358 g/mol. The summed E-state index contributed by atoms with van der Waals surface area (Å²) in [6.45, 7) is -0.389. The summed E-state index contributed by atoms with van der Waals surface area (Å²) >= 11 is 0. The fraction of sp³-hybridized carbons (Fsp3) is 0.0625. The van der Waals surface area contributed by atoms with E-state index in [1.807, 2.05) is 0 Å². The fourth-order valence-electron chi connectivity index (χ4n) is 1.91. The zero-order valence-electron chi connectivity index (χ0n) is 13.2. The molecule has 0 atom stereocenters. The van der Waals surface area contributed by atoms with Gasteiger partial charge in [0.25, 0.3) is 11.8 Å². The second-order valence-corrected chi connectivity index (χ2v) is 5.00. The number of para-hydroxylation sites is 1. The van der Waals surface area contributed by atoms with Crippen molar-refractivity contribution in [3.63, 3.8) is 0 Å². The van der Waals surface area contributed by atoms with E-state index in [1.54, 1.807) is 12.1 Å². The maximum absolute atomic E-state index is 11.8. The zero-order valence-corrected chi connectivity index (χ0v) is 13.2. The summed E-state index contributed by atoms with van der Waals surface area (Å²) in [6.07, 6.45) is 1.15. The van der Waals surface area contributed by atoms with Gasteiger partial charge in [0.1, 0.15) is 5.75 Å². The van der Waals surface area contributed by atoms with Gasteiger partial charge in [-0.05, 0) is 24.3 Å². The zero-order chi connectivity index (χ0) is 19.1. The highest BCUT2D eigenvalue weighted by molar-refractivity contribution is 5.98. The fourth-order valence-corrected chi connectivity index (χ4v) is 1.91. The topological polar surface area (TPSA) is 154 Å². The molecule has 0 saturated carbocycles. The number of rotatable bonds is 6. The van der Waals surface area contributed by atoms with Crippen molar-refractivity contribution in [1.82, 2.24) is 10.7 Å². The lowest BCUT2D eigenvalue weighted by Crippen LogP contribution is -2.34. The summed E-state index contributed by atoms with van der Waals surface area (Å²) in [5, 5.41) is 35.5. The van der Waals surface area contributed by atoms with E-state index in [0.29, 0.717) is 0 Å². The number of hydrogen-bond donors (Lipinski definition) is 4. The largest absolute Gasteiger partial charge is 0.507 e. The number of carbonyl (C=O) groups excluding carboxylic acids is 2. The van der Waals surface area contributed by atoms with E-state index in [1.165, 1.54) is 18.2 Å². The van der Waals surface area contributed by atoms with E-state index in [9.17, 15) is 29.9 Å². The van der Waals surface area contributed by atoms with Crippen molar-refractivity contribution < 1.29 is 24.7 Å². The first-order valence-electron chi connectivity index (χ1n) is 7.24. The highest BCUT2D eigenvalue weighted by Gasteiger charge is 2.13. The van der Waals surface area contributed by atoms with Gasteiger partial charge in [-0.15, -0.1) is 0 Å². The standard InChI is InChI=1S/C16H14N4O6/c21-13-4-2-1-3-11(13)16(24)17-9-15(23)19-18-8-10-5-6-14(22)12(7-10)20(25)26/h1-8,21-22H,9H2,(H,17,24)(H,19,23)/b18-8-. The van der Waals surface area contributed by atoms with Gasteiger partial charge in [-0.25, -0.2) is 5.43 Å². The molecule has 0 aliphatic heterocycles. The van der Waals surface area contributed by atoms with Crippen LogP contribution in [-0.4, -0.2) is 39.7 Å². The number of amides is 2. The number of benzene rings is 2. The number of nitrogens with zero attached hydrogens (tertiary/aromatic N) is 2. The SMILES string of the molecule is O=C(CNC(=O)c1ccccc1O)N/N=C\c1ccc(O)c([N+](=O)[O-])c1.